The van der Waals surface area contributed by atoms with Crippen LogP contribution in [0, 0.1) is 0 Å². The Hall–Kier alpha value is -2.71. The highest BCUT2D eigenvalue weighted by Crippen LogP contribution is 2.17. The Balaban J connectivity index is 1.52. The summed E-state index contributed by atoms with van der Waals surface area (Å²) >= 11 is 0. The van der Waals surface area contributed by atoms with Gasteiger partial charge in [-0.05, 0) is 36.6 Å². The van der Waals surface area contributed by atoms with Crippen molar-refractivity contribution in [3.63, 3.8) is 0 Å². The first-order valence-corrected chi connectivity index (χ1v) is 11.9. The zero-order valence-corrected chi connectivity index (χ0v) is 18.8. The fraction of sp³-hybridized carbons (Fsp3) is 0.391. The number of hydrogen-bond donors (Lipinski definition) is 0. The molecule has 8 heteroatoms. The van der Waals surface area contributed by atoms with Crippen LogP contribution in [-0.2, 0) is 21.2 Å². The van der Waals surface area contributed by atoms with Gasteiger partial charge in [-0.2, -0.15) is 0 Å². The third-order valence-electron chi connectivity index (χ3n) is 5.48. The van der Waals surface area contributed by atoms with E-state index in [0.29, 0.717) is 38.2 Å². The van der Waals surface area contributed by atoms with Crippen LogP contribution in [0.2, 0.25) is 0 Å². The number of carbonyl (C=O) groups excluding carboxylic acids is 2. The Kier molecular flexibility index (Phi) is 7.46. The van der Waals surface area contributed by atoms with E-state index in [9.17, 15) is 18.0 Å². The third-order valence-corrected chi connectivity index (χ3v) is 7.29. The summed E-state index contributed by atoms with van der Waals surface area (Å²) in [5.41, 5.74) is 1.56. The first-order chi connectivity index (χ1) is 14.8. The van der Waals surface area contributed by atoms with Gasteiger partial charge in [-0.1, -0.05) is 36.4 Å². The molecule has 0 radical (unpaired) electrons. The summed E-state index contributed by atoms with van der Waals surface area (Å²) in [6.45, 7) is 1.86. The van der Waals surface area contributed by atoms with Crippen LogP contribution in [0.3, 0.4) is 0 Å². The number of aryl methyl sites for hydroxylation is 1. The number of carbonyl (C=O) groups is 2. The molecule has 0 aliphatic carbocycles. The maximum atomic E-state index is 12.9. The minimum absolute atomic E-state index is 0.0931. The molecule has 1 aliphatic rings. The van der Waals surface area contributed by atoms with Crippen LogP contribution in [0.25, 0.3) is 0 Å². The van der Waals surface area contributed by atoms with Crippen LogP contribution in [-0.4, -0.2) is 74.6 Å². The maximum absolute atomic E-state index is 12.9. The van der Waals surface area contributed by atoms with E-state index in [0.717, 1.165) is 17.1 Å². The summed E-state index contributed by atoms with van der Waals surface area (Å²) in [5, 5.41) is 0. The molecule has 1 heterocycles. The monoisotopic (exact) mass is 443 g/mol. The van der Waals surface area contributed by atoms with Gasteiger partial charge in [0.25, 0.3) is 5.91 Å². The van der Waals surface area contributed by atoms with E-state index in [1.807, 2.05) is 23.1 Å². The predicted octanol–water partition coefficient (Wildman–Crippen LogP) is 2.24. The molecule has 7 nitrogen and oxygen atoms in total. The van der Waals surface area contributed by atoms with Gasteiger partial charge in [0, 0.05) is 52.3 Å². The number of rotatable bonds is 7. The number of sulfonamides is 1. The molecule has 0 unspecified atom stereocenters. The van der Waals surface area contributed by atoms with Crippen molar-refractivity contribution in [2.45, 2.75) is 24.2 Å². The first-order valence-electron chi connectivity index (χ1n) is 10.4. The highest BCUT2D eigenvalue weighted by atomic mass is 32.2. The molecule has 31 heavy (non-hydrogen) atoms. The highest BCUT2D eigenvalue weighted by Gasteiger charge is 2.26. The number of amides is 2. The molecule has 2 aromatic rings. The Bertz CT molecular complexity index is 1010. The summed E-state index contributed by atoms with van der Waals surface area (Å²) in [6.07, 6.45) is 2.17. The zero-order valence-electron chi connectivity index (χ0n) is 18.0. The Morgan fingerprint density at radius 2 is 1.55 bits per heavy atom. The first kappa shape index (κ1) is 23.0. The lowest BCUT2D eigenvalue weighted by Gasteiger charge is -2.35. The van der Waals surface area contributed by atoms with E-state index in [2.05, 4.69) is 12.1 Å². The standard InChI is InChI=1S/C23H29N3O4S/c1-24(2)31(29,30)21-12-7-11-20(18-21)23(28)26-16-14-25(15-17-26)22(27)13-6-10-19-8-4-3-5-9-19/h3-5,7-9,11-12,18H,6,10,13-17H2,1-2H3. The van der Waals surface area contributed by atoms with Crippen LogP contribution >= 0.6 is 0 Å². The topological polar surface area (TPSA) is 78.0 Å². The summed E-state index contributed by atoms with van der Waals surface area (Å²) < 4.78 is 25.8. The Morgan fingerprint density at radius 1 is 0.903 bits per heavy atom. The van der Waals surface area contributed by atoms with E-state index in [1.165, 1.54) is 31.8 Å². The summed E-state index contributed by atoms with van der Waals surface area (Å²) in [6, 6.07) is 16.2. The summed E-state index contributed by atoms with van der Waals surface area (Å²) in [7, 11) is -0.686. The van der Waals surface area contributed by atoms with Crippen molar-refractivity contribution >= 4 is 21.8 Å². The fourth-order valence-corrected chi connectivity index (χ4v) is 4.54. The van der Waals surface area contributed by atoms with Crippen LogP contribution in [0.4, 0.5) is 0 Å². The molecule has 0 bridgehead atoms. The van der Waals surface area contributed by atoms with E-state index < -0.39 is 10.0 Å². The van der Waals surface area contributed by atoms with Gasteiger partial charge in [-0.25, -0.2) is 12.7 Å². The molecule has 2 amide bonds. The van der Waals surface area contributed by atoms with Crippen molar-refractivity contribution in [2.75, 3.05) is 40.3 Å². The van der Waals surface area contributed by atoms with Gasteiger partial charge >= 0.3 is 0 Å². The Labute approximate surface area is 184 Å². The van der Waals surface area contributed by atoms with Gasteiger partial charge in [-0.3, -0.25) is 9.59 Å². The molecule has 0 spiro atoms. The average molecular weight is 444 g/mol. The number of piperazine rings is 1. The molecule has 1 fully saturated rings. The van der Waals surface area contributed by atoms with Crippen molar-refractivity contribution in [3.8, 4) is 0 Å². The van der Waals surface area contributed by atoms with Gasteiger partial charge in [-0.15, -0.1) is 0 Å². The second-order valence-corrected chi connectivity index (χ2v) is 9.98. The lowest BCUT2D eigenvalue weighted by molar-refractivity contribution is -0.132. The Morgan fingerprint density at radius 3 is 2.19 bits per heavy atom. The smallest absolute Gasteiger partial charge is 0.254 e. The average Bonchev–Trinajstić information content (AvgIpc) is 2.79. The second kappa shape index (κ2) is 10.1. The van der Waals surface area contributed by atoms with Gasteiger partial charge in [0.15, 0.2) is 0 Å². The fourth-order valence-electron chi connectivity index (χ4n) is 3.59. The molecular weight excluding hydrogens is 414 g/mol. The van der Waals surface area contributed by atoms with Crippen molar-refractivity contribution < 1.29 is 18.0 Å². The zero-order chi connectivity index (χ0) is 22.4. The quantitative estimate of drug-likeness (QED) is 0.658. The molecule has 0 N–H and O–H groups in total. The van der Waals surface area contributed by atoms with Crippen molar-refractivity contribution in [2.24, 2.45) is 0 Å². The van der Waals surface area contributed by atoms with Crippen molar-refractivity contribution in [3.05, 3.63) is 65.7 Å². The highest BCUT2D eigenvalue weighted by molar-refractivity contribution is 7.89. The van der Waals surface area contributed by atoms with Crippen LogP contribution in [0.15, 0.2) is 59.5 Å². The van der Waals surface area contributed by atoms with Gasteiger partial charge in [0.2, 0.25) is 15.9 Å². The maximum Gasteiger partial charge on any atom is 0.254 e. The second-order valence-electron chi connectivity index (χ2n) is 7.83. The van der Waals surface area contributed by atoms with E-state index in [-0.39, 0.29) is 16.7 Å². The SMILES string of the molecule is CN(C)S(=O)(=O)c1cccc(C(=O)N2CCN(C(=O)CCCc3ccccc3)CC2)c1. The lowest BCUT2D eigenvalue weighted by Crippen LogP contribution is -2.50. The minimum atomic E-state index is -3.60. The minimum Gasteiger partial charge on any atom is -0.339 e. The molecule has 0 atom stereocenters. The third kappa shape index (κ3) is 5.71. The van der Waals surface area contributed by atoms with Gasteiger partial charge < -0.3 is 9.80 Å². The lowest BCUT2D eigenvalue weighted by atomic mass is 10.1. The molecule has 2 aromatic carbocycles. The summed E-state index contributed by atoms with van der Waals surface area (Å²) in [5.74, 6) is -0.103. The number of nitrogens with zero attached hydrogens (tertiary/aromatic N) is 3. The molecule has 3 rings (SSSR count). The van der Waals surface area contributed by atoms with Gasteiger partial charge in [0.1, 0.15) is 0 Å². The van der Waals surface area contributed by atoms with E-state index in [1.54, 1.807) is 17.0 Å². The van der Waals surface area contributed by atoms with Crippen molar-refractivity contribution in [1.82, 2.24) is 14.1 Å². The normalized spacial score (nSPS) is 14.7. The molecule has 1 aliphatic heterocycles. The van der Waals surface area contributed by atoms with Crippen LogP contribution in [0.5, 0.6) is 0 Å². The largest absolute Gasteiger partial charge is 0.339 e. The summed E-state index contributed by atoms with van der Waals surface area (Å²) in [4.78, 5) is 28.9. The number of benzene rings is 2. The van der Waals surface area contributed by atoms with Crippen LogP contribution < -0.4 is 0 Å². The molecule has 166 valence electrons. The molecule has 0 aromatic heterocycles. The predicted molar refractivity (Wildman–Crippen MR) is 119 cm³/mol. The molecule has 1 saturated heterocycles. The molecule has 0 saturated carbocycles. The molecular formula is C23H29N3O4S. The van der Waals surface area contributed by atoms with E-state index in [4.69, 9.17) is 0 Å². The number of hydrogen-bond acceptors (Lipinski definition) is 4. The van der Waals surface area contributed by atoms with Crippen LogP contribution in [0.1, 0.15) is 28.8 Å². The van der Waals surface area contributed by atoms with Gasteiger partial charge in [0.05, 0.1) is 4.90 Å². The van der Waals surface area contributed by atoms with Crippen molar-refractivity contribution in [1.29, 1.82) is 0 Å². The van der Waals surface area contributed by atoms with E-state index >= 15 is 0 Å².